The summed E-state index contributed by atoms with van der Waals surface area (Å²) >= 11 is 0. The first-order valence-electron chi connectivity index (χ1n) is 13.3. The molecule has 7 nitrogen and oxygen atoms in total. The van der Waals surface area contributed by atoms with Crippen LogP contribution in [0.3, 0.4) is 0 Å². The van der Waals surface area contributed by atoms with Gasteiger partial charge in [0.25, 0.3) is 5.91 Å². The van der Waals surface area contributed by atoms with Crippen LogP contribution in [0.4, 0.5) is 19.0 Å². The normalized spacial score (nSPS) is 16.2. The summed E-state index contributed by atoms with van der Waals surface area (Å²) < 4.78 is 44.4. The van der Waals surface area contributed by atoms with Crippen LogP contribution in [0.2, 0.25) is 0 Å². The Balaban J connectivity index is 1.04. The van der Waals surface area contributed by atoms with Crippen LogP contribution in [0.15, 0.2) is 59.1 Å². The van der Waals surface area contributed by atoms with Gasteiger partial charge in [-0.2, -0.15) is 18.4 Å². The monoisotopic (exact) mass is 545 g/mol. The lowest BCUT2D eigenvalue weighted by Crippen LogP contribution is -2.39. The highest BCUT2D eigenvalue weighted by molar-refractivity contribution is 5.94. The number of aromatic nitrogens is 2. The first kappa shape index (κ1) is 25.9. The molecule has 1 aliphatic carbocycles. The van der Waals surface area contributed by atoms with E-state index in [4.69, 9.17) is 4.42 Å². The van der Waals surface area contributed by atoms with Crippen LogP contribution in [0.25, 0.3) is 22.6 Å². The molecule has 0 atom stereocenters. The maximum absolute atomic E-state index is 12.8. The summed E-state index contributed by atoms with van der Waals surface area (Å²) in [6, 6.07) is 15.4. The summed E-state index contributed by atoms with van der Waals surface area (Å²) in [5.41, 5.74) is 3.51. The number of piperidine rings is 1. The van der Waals surface area contributed by atoms with Crippen molar-refractivity contribution < 1.29 is 22.4 Å². The highest BCUT2D eigenvalue weighted by Gasteiger charge is 2.31. The number of oxazole rings is 1. The third-order valence-electron chi connectivity index (χ3n) is 7.62. The molecule has 1 saturated carbocycles. The van der Waals surface area contributed by atoms with E-state index in [0.717, 1.165) is 54.7 Å². The van der Waals surface area contributed by atoms with Crippen molar-refractivity contribution in [2.75, 3.05) is 24.5 Å². The number of pyridine rings is 1. The number of nitriles is 1. The fourth-order valence-corrected chi connectivity index (χ4v) is 5.15. The predicted octanol–water partition coefficient (Wildman–Crippen LogP) is 6.30. The number of benzene rings is 2. The fraction of sp³-hybridized carbons (Fsp3) is 0.333. The molecule has 3 heterocycles. The number of alkyl halides is 3. The Morgan fingerprint density at radius 3 is 2.45 bits per heavy atom. The summed E-state index contributed by atoms with van der Waals surface area (Å²) in [5, 5.41) is 12.4. The van der Waals surface area contributed by atoms with Crippen molar-refractivity contribution >= 4 is 22.8 Å². The largest absolute Gasteiger partial charge is 0.436 e. The van der Waals surface area contributed by atoms with Crippen LogP contribution in [0, 0.1) is 17.2 Å². The quantitative estimate of drug-likeness (QED) is 0.305. The molecule has 0 unspecified atom stereocenters. The second-order valence-electron chi connectivity index (χ2n) is 10.4. The van der Waals surface area contributed by atoms with Crippen molar-refractivity contribution in [1.82, 2.24) is 15.3 Å². The number of hydrogen-bond donors (Lipinski definition) is 1. The van der Waals surface area contributed by atoms with Crippen molar-refractivity contribution in [2.45, 2.75) is 37.8 Å². The molecule has 6 rings (SSSR count). The lowest BCUT2D eigenvalue weighted by atomic mass is 9.96. The summed E-state index contributed by atoms with van der Waals surface area (Å²) in [4.78, 5) is 23.3. The van der Waals surface area contributed by atoms with Gasteiger partial charge in [-0.15, -0.1) is 0 Å². The van der Waals surface area contributed by atoms with E-state index in [9.17, 15) is 23.2 Å². The third kappa shape index (κ3) is 5.37. The van der Waals surface area contributed by atoms with Crippen LogP contribution in [0.1, 0.15) is 58.6 Å². The van der Waals surface area contributed by atoms with Gasteiger partial charge in [-0.1, -0.05) is 0 Å². The van der Waals surface area contributed by atoms with Crippen molar-refractivity contribution in [3.8, 4) is 17.5 Å². The summed E-state index contributed by atoms with van der Waals surface area (Å²) in [5.74, 6) is 1.49. The summed E-state index contributed by atoms with van der Waals surface area (Å²) in [6.45, 7) is 1.85. The van der Waals surface area contributed by atoms with Crippen molar-refractivity contribution in [3.05, 3.63) is 77.0 Å². The van der Waals surface area contributed by atoms with Gasteiger partial charge in [0.05, 0.1) is 17.2 Å². The lowest BCUT2D eigenvalue weighted by Gasteiger charge is -2.33. The predicted molar refractivity (Wildman–Crippen MR) is 143 cm³/mol. The minimum absolute atomic E-state index is 0.175. The summed E-state index contributed by atoms with van der Waals surface area (Å²) in [7, 11) is 0. The third-order valence-corrected chi connectivity index (χ3v) is 7.62. The Hall–Kier alpha value is -4.39. The zero-order chi connectivity index (χ0) is 27.9. The van der Waals surface area contributed by atoms with Crippen molar-refractivity contribution in [2.24, 2.45) is 5.92 Å². The highest BCUT2D eigenvalue weighted by atomic mass is 19.4. The SMILES string of the molecule is N#Cc1cc(C2CC2)c2oc(-c3ccc(C(=O)NCC4CCN(c5ccc(C(F)(F)F)cn5)CC4)cc3)nc2c1. The second-order valence-corrected chi connectivity index (χ2v) is 10.4. The number of halogens is 3. The van der Waals surface area contributed by atoms with Gasteiger partial charge in [-0.05, 0) is 86.1 Å². The smallest absolute Gasteiger partial charge is 0.417 e. The Labute approximate surface area is 228 Å². The molecule has 10 heteroatoms. The van der Waals surface area contributed by atoms with Crippen LogP contribution in [-0.4, -0.2) is 35.5 Å². The maximum atomic E-state index is 12.8. The molecule has 1 saturated heterocycles. The van der Waals surface area contributed by atoms with Gasteiger partial charge in [-0.3, -0.25) is 4.79 Å². The maximum Gasteiger partial charge on any atom is 0.417 e. The molecule has 0 bridgehead atoms. The van der Waals surface area contributed by atoms with E-state index >= 15 is 0 Å². The molecule has 4 aromatic rings. The van der Waals surface area contributed by atoms with E-state index in [1.54, 1.807) is 30.3 Å². The highest BCUT2D eigenvalue weighted by Crippen LogP contribution is 2.44. The van der Waals surface area contributed by atoms with E-state index in [2.05, 4.69) is 21.4 Å². The zero-order valence-electron chi connectivity index (χ0n) is 21.5. The molecule has 204 valence electrons. The van der Waals surface area contributed by atoms with Gasteiger partial charge in [0.15, 0.2) is 5.58 Å². The van der Waals surface area contributed by atoms with Gasteiger partial charge in [0, 0.05) is 42.5 Å². The molecule has 2 aromatic heterocycles. The number of fused-ring (bicyclic) bond motifs is 1. The standard InChI is InChI=1S/C30H26F3N5O2/c31-30(32,33)23-7-8-26(35-17-23)38-11-9-18(10-12-38)16-36-28(39)21-3-5-22(6-4-21)29-37-25-14-19(15-34)13-24(20-1-2-20)27(25)40-29/h3-8,13-14,17-18,20H,1-2,9-12,16H2,(H,36,39). The van der Waals surface area contributed by atoms with Gasteiger partial charge in [0.1, 0.15) is 11.3 Å². The van der Waals surface area contributed by atoms with Crippen molar-refractivity contribution in [3.63, 3.8) is 0 Å². The van der Waals surface area contributed by atoms with Gasteiger partial charge in [-0.25, -0.2) is 9.97 Å². The van der Waals surface area contributed by atoms with E-state index in [1.807, 2.05) is 11.0 Å². The van der Waals surface area contributed by atoms with Crippen LogP contribution >= 0.6 is 0 Å². The molecular formula is C30H26F3N5O2. The molecule has 1 amide bonds. The molecule has 1 aliphatic heterocycles. The van der Waals surface area contributed by atoms with E-state index < -0.39 is 11.7 Å². The number of carbonyl (C=O) groups excluding carboxylic acids is 1. The first-order chi connectivity index (χ1) is 19.3. The van der Waals surface area contributed by atoms with Crippen LogP contribution < -0.4 is 10.2 Å². The number of anilines is 1. The number of carbonyl (C=O) groups is 1. The number of nitrogens with one attached hydrogen (secondary N) is 1. The molecule has 2 fully saturated rings. The van der Waals surface area contributed by atoms with E-state index in [1.165, 1.54) is 6.07 Å². The Morgan fingerprint density at radius 1 is 1.07 bits per heavy atom. The molecule has 1 N–H and O–H groups in total. The number of rotatable bonds is 6. The van der Waals surface area contributed by atoms with Crippen LogP contribution in [-0.2, 0) is 6.18 Å². The summed E-state index contributed by atoms with van der Waals surface area (Å²) in [6.07, 6.45) is 0.238. The molecular weight excluding hydrogens is 519 g/mol. The van der Waals surface area contributed by atoms with Gasteiger partial charge in [0.2, 0.25) is 5.89 Å². The average Bonchev–Trinajstić information content (AvgIpc) is 3.73. The number of nitrogens with zero attached hydrogens (tertiary/aromatic N) is 4. The topological polar surface area (TPSA) is 95.0 Å². The Kier molecular flexibility index (Phi) is 6.66. The number of hydrogen-bond acceptors (Lipinski definition) is 6. The zero-order valence-corrected chi connectivity index (χ0v) is 21.5. The molecule has 0 spiro atoms. The fourth-order valence-electron chi connectivity index (χ4n) is 5.15. The molecule has 0 radical (unpaired) electrons. The van der Waals surface area contributed by atoms with Crippen molar-refractivity contribution in [1.29, 1.82) is 5.26 Å². The van der Waals surface area contributed by atoms with Gasteiger partial charge >= 0.3 is 6.18 Å². The van der Waals surface area contributed by atoms with E-state index in [0.29, 0.717) is 53.9 Å². The lowest BCUT2D eigenvalue weighted by molar-refractivity contribution is -0.137. The molecule has 40 heavy (non-hydrogen) atoms. The minimum Gasteiger partial charge on any atom is -0.436 e. The van der Waals surface area contributed by atoms with E-state index in [-0.39, 0.29) is 11.8 Å². The second kappa shape index (κ2) is 10.3. The van der Waals surface area contributed by atoms with Gasteiger partial charge < -0.3 is 14.6 Å². The molecule has 2 aromatic carbocycles. The number of amides is 1. The Bertz CT molecular complexity index is 1580. The minimum atomic E-state index is -4.40. The molecule has 2 aliphatic rings. The Morgan fingerprint density at radius 2 is 1.82 bits per heavy atom. The van der Waals surface area contributed by atoms with Crippen LogP contribution in [0.5, 0.6) is 0 Å². The average molecular weight is 546 g/mol. The first-order valence-corrected chi connectivity index (χ1v) is 13.3.